The maximum absolute atomic E-state index is 5.31. The summed E-state index contributed by atoms with van der Waals surface area (Å²) < 4.78 is 10.6. The lowest BCUT2D eigenvalue weighted by atomic mass is 9.94. The van der Waals surface area contributed by atoms with Crippen molar-refractivity contribution in [1.29, 1.82) is 0 Å². The van der Waals surface area contributed by atoms with E-state index >= 15 is 0 Å². The molecule has 2 heteroatoms. The van der Waals surface area contributed by atoms with Crippen molar-refractivity contribution in [2.24, 2.45) is 0 Å². The van der Waals surface area contributed by atoms with E-state index in [-0.39, 0.29) is 0 Å². The predicted molar refractivity (Wildman–Crippen MR) is 54.9 cm³/mol. The Kier molecular flexibility index (Phi) is 2.44. The summed E-state index contributed by atoms with van der Waals surface area (Å²) in [4.78, 5) is 0. The molecule has 0 spiro atoms. The number of rotatable bonds is 2. The van der Waals surface area contributed by atoms with E-state index in [9.17, 15) is 0 Å². The Morgan fingerprint density at radius 3 is 1.64 bits per heavy atom. The zero-order valence-corrected chi connectivity index (χ0v) is 8.54. The van der Waals surface area contributed by atoms with Gasteiger partial charge in [0.2, 0.25) is 0 Å². The van der Waals surface area contributed by atoms with Crippen molar-refractivity contribution in [3.8, 4) is 0 Å². The Bertz CT molecular complexity index is 331. The van der Waals surface area contributed by atoms with Crippen LogP contribution in [-0.4, -0.2) is 14.2 Å². The van der Waals surface area contributed by atoms with E-state index in [0.717, 1.165) is 24.4 Å². The molecule has 1 aliphatic carbocycles. The minimum atomic E-state index is 0.843. The summed E-state index contributed by atoms with van der Waals surface area (Å²) in [6.07, 6.45) is 1.69. The normalized spacial score (nSPS) is 15.0. The van der Waals surface area contributed by atoms with Gasteiger partial charge in [0.25, 0.3) is 0 Å². The maximum Gasteiger partial charge on any atom is 0.138 e. The molecule has 0 N–H and O–H groups in total. The van der Waals surface area contributed by atoms with Crippen molar-refractivity contribution in [3.05, 3.63) is 46.9 Å². The molecule has 1 aromatic carbocycles. The molecule has 0 radical (unpaired) electrons. The van der Waals surface area contributed by atoms with Gasteiger partial charge in [0.05, 0.1) is 14.2 Å². The quantitative estimate of drug-likeness (QED) is 0.712. The van der Waals surface area contributed by atoms with E-state index in [1.165, 1.54) is 11.1 Å². The van der Waals surface area contributed by atoms with Crippen LogP contribution in [0, 0.1) is 0 Å². The van der Waals surface area contributed by atoms with Gasteiger partial charge >= 0.3 is 0 Å². The minimum absolute atomic E-state index is 0.843. The number of methoxy groups -OCH3 is 2. The Hall–Kier alpha value is -1.44. The molecule has 0 bridgehead atoms. The summed E-state index contributed by atoms with van der Waals surface area (Å²) in [6, 6.07) is 8.40. The van der Waals surface area contributed by atoms with Crippen LogP contribution in [0.25, 0.3) is 0 Å². The number of hydrogen-bond donors (Lipinski definition) is 0. The van der Waals surface area contributed by atoms with Crippen molar-refractivity contribution >= 4 is 0 Å². The standard InChI is InChI=1S/C12H14O2/c1-13-11-7-9-5-3-4-6-10(9)8-12(11)14-2/h3-6H,7-8H2,1-2H3. The van der Waals surface area contributed by atoms with Crippen LogP contribution in [0.2, 0.25) is 0 Å². The summed E-state index contributed by atoms with van der Waals surface area (Å²) in [5.74, 6) is 1.90. The molecule has 74 valence electrons. The molecule has 0 aliphatic heterocycles. The summed E-state index contributed by atoms with van der Waals surface area (Å²) in [6.45, 7) is 0. The fourth-order valence-electron chi connectivity index (χ4n) is 1.82. The second-order valence-electron chi connectivity index (χ2n) is 3.38. The summed E-state index contributed by atoms with van der Waals surface area (Å²) in [5.41, 5.74) is 2.68. The van der Waals surface area contributed by atoms with Gasteiger partial charge in [-0.05, 0) is 11.1 Å². The molecule has 0 saturated carbocycles. The van der Waals surface area contributed by atoms with E-state index in [0.29, 0.717) is 0 Å². The molecular weight excluding hydrogens is 176 g/mol. The van der Waals surface area contributed by atoms with Crippen molar-refractivity contribution < 1.29 is 9.47 Å². The fraction of sp³-hybridized carbons (Fsp3) is 0.333. The second-order valence-corrected chi connectivity index (χ2v) is 3.38. The Balaban J connectivity index is 2.35. The first kappa shape index (κ1) is 9.13. The molecule has 2 nitrogen and oxygen atoms in total. The lowest BCUT2D eigenvalue weighted by Gasteiger charge is -2.20. The first-order chi connectivity index (χ1) is 6.85. The van der Waals surface area contributed by atoms with Gasteiger partial charge in [0.15, 0.2) is 0 Å². The third-order valence-electron chi connectivity index (χ3n) is 2.62. The van der Waals surface area contributed by atoms with Gasteiger partial charge in [0.1, 0.15) is 11.5 Å². The highest BCUT2D eigenvalue weighted by Crippen LogP contribution is 2.26. The third-order valence-corrected chi connectivity index (χ3v) is 2.62. The Morgan fingerprint density at radius 2 is 1.29 bits per heavy atom. The van der Waals surface area contributed by atoms with E-state index in [2.05, 4.69) is 24.3 Å². The van der Waals surface area contributed by atoms with Crippen LogP contribution < -0.4 is 0 Å². The third kappa shape index (κ3) is 1.48. The van der Waals surface area contributed by atoms with E-state index in [1.807, 2.05) is 0 Å². The Morgan fingerprint density at radius 1 is 0.857 bits per heavy atom. The highest BCUT2D eigenvalue weighted by Gasteiger charge is 2.18. The topological polar surface area (TPSA) is 18.5 Å². The van der Waals surface area contributed by atoms with Crippen LogP contribution in [-0.2, 0) is 22.3 Å². The molecule has 0 saturated heterocycles. The number of allylic oxidation sites excluding steroid dienone is 2. The predicted octanol–water partition coefficient (Wildman–Crippen LogP) is 2.29. The second kappa shape index (κ2) is 3.74. The van der Waals surface area contributed by atoms with Crippen molar-refractivity contribution in [2.45, 2.75) is 12.8 Å². The van der Waals surface area contributed by atoms with Crippen LogP contribution >= 0.6 is 0 Å². The monoisotopic (exact) mass is 190 g/mol. The number of fused-ring (bicyclic) bond motifs is 1. The van der Waals surface area contributed by atoms with Gasteiger partial charge in [0, 0.05) is 12.8 Å². The van der Waals surface area contributed by atoms with Gasteiger partial charge in [-0.3, -0.25) is 0 Å². The molecule has 1 aliphatic rings. The van der Waals surface area contributed by atoms with Crippen LogP contribution in [0.1, 0.15) is 11.1 Å². The average Bonchev–Trinajstić information content (AvgIpc) is 2.27. The summed E-state index contributed by atoms with van der Waals surface area (Å²) in [7, 11) is 3.39. The van der Waals surface area contributed by atoms with E-state index < -0.39 is 0 Å². The molecule has 0 aromatic heterocycles. The van der Waals surface area contributed by atoms with E-state index in [4.69, 9.17) is 9.47 Å². The number of ether oxygens (including phenoxy) is 2. The summed E-state index contributed by atoms with van der Waals surface area (Å²) in [5, 5.41) is 0. The number of hydrogen-bond acceptors (Lipinski definition) is 2. The number of benzene rings is 1. The SMILES string of the molecule is COC1=C(OC)Cc2ccccc2C1. The lowest BCUT2D eigenvalue weighted by molar-refractivity contribution is 0.207. The molecule has 0 amide bonds. The van der Waals surface area contributed by atoms with Crippen LogP contribution in [0.3, 0.4) is 0 Å². The van der Waals surface area contributed by atoms with Crippen molar-refractivity contribution in [1.82, 2.24) is 0 Å². The maximum atomic E-state index is 5.31. The zero-order valence-electron chi connectivity index (χ0n) is 8.54. The van der Waals surface area contributed by atoms with E-state index in [1.54, 1.807) is 14.2 Å². The van der Waals surface area contributed by atoms with Crippen molar-refractivity contribution in [2.75, 3.05) is 14.2 Å². The minimum Gasteiger partial charge on any atom is -0.497 e. The van der Waals surface area contributed by atoms with Gasteiger partial charge < -0.3 is 9.47 Å². The highest BCUT2D eigenvalue weighted by atomic mass is 16.5. The van der Waals surface area contributed by atoms with Gasteiger partial charge in [-0.1, -0.05) is 24.3 Å². The molecule has 1 aromatic rings. The lowest BCUT2D eigenvalue weighted by Crippen LogP contribution is -2.11. The molecule has 0 heterocycles. The smallest absolute Gasteiger partial charge is 0.138 e. The van der Waals surface area contributed by atoms with Crippen LogP contribution in [0.4, 0.5) is 0 Å². The first-order valence-electron chi connectivity index (χ1n) is 4.72. The molecule has 0 unspecified atom stereocenters. The summed E-state index contributed by atoms with van der Waals surface area (Å²) >= 11 is 0. The highest BCUT2D eigenvalue weighted by molar-refractivity contribution is 5.37. The molecule has 14 heavy (non-hydrogen) atoms. The van der Waals surface area contributed by atoms with Crippen molar-refractivity contribution in [3.63, 3.8) is 0 Å². The molecule has 0 fully saturated rings. The Labute approximate surface area is 84.2 Å². The zero-order chi connectivity index (χ0) is 9.97. The molecular formula is C12H14O2. The fourth-order valence-corrected chi connectivity index (χ4v) is 1.82. The average molecular weight is 190 g/mol. The largest absolute Gasteiger partial charge is 0.497 e. The molecule has 2 rings (SSSR count). The van der Waals surface area contributed by atoms with Crippen LogP contribution in [0.15, 0.2) is 35.8 Å². The van der Waals surface area contributed by atoms with Gasteiger partial charge in [-0.25, -0.2) is 0 Å². The van der Waals surface area contributed by atoms with Crippen LogP contribution in [0.5, 0.6) is 0 Å². The first-order valence-corrected chi connectivity index (χ1v) is 4.72. The van der Waals surface area contributed by atoms with Gasteiger partial charge in [-0.15, -0.1) is 0 Å². The van der Waals surface area contributed by atoms with Gasteiger partial charge in [-0.2, -0.15) is 0 Å². The molecule has 0 atom stereocenters.